The van der Waals surface area contributed by atoms with Gasteiger partial charge in [-0.1, -0.05) is 12.8 Å². The van der Waals surface area contributed by atoms with Gasteiger partial charge in [-0.2, -0.15) is 0 Å². The Balaban J connectivity index is 1.90. The lowest BCUT2D eigenvalue weighted by Crippen LogP contribution is -2.22. The van der Waals surface area contributed by atoms with Crippen LogP contribution in [0.1, 0.15) is 39.0 Å². The van der Waals surface area contributed by atoms with Crippen molar-refractivity contribution >= 4 is 0 Å². The molecular formula is C10H17NO. The van der Waals surface area contributed by atoms with Crippen molar-refractivity contribution in [3.8, 4) is 11.8 Å². The minimum absolute atomic E-state index is 0.458. The lowest BCUT2D eigenvalue weighted by atomic mass is 10.3. The fourth-order valence-corrected chi connectivity index (χ4v) is 1.42. The molecule has 12 heavy (non-hydrogen) atoms. The highest BCUT2D eigenvalue weighted by Crippen LogP contribution is 2.19. The Bertz CT molecular complexity index is 162. The molecule has 1 fully saturated rings. The summed E-state index contributed by atoms with van der Waals surface area (Å²) in [4.78, 5) is 5.43. The average Bonchev–Trinajstić information content (AvgIpc) is 2.57. The largest absolute Gasteiger partial charge is 0.298 e. The van der Waals surface area contributed by atoms with E-state index in [0.717, 1.165) is 13.0 Å². The van der Waals surface area contributed by atoms with E-state index in [-0.39, 0.29) is 0 Å². The minimum Gasteiger partial charge on any atom is -0.298 e. The van der Waals surface area contributed by atoms with Gasteiger partial charge in [-0.15, -0.1) is 11.8 Å². The first-order valence-corrected chi connectivity index (χ1v) is 4.71. The van der Waals surface area contributed by atoms with Crippen LogP contribution in [0.2, 0.25) is 0 Å². The maximum atomic E-state index is 5.43. The Morgan fingerprint density at radius 3 is 2.83 bits per heavy atom. The standard InChI is InChI=1S/C10H17NO/c1-2-3-6-9-11-12-10-7-4-5-8-10/h10-11H,4-9H2,1H3. The fourth-order valence-electron chi connectivity index (χ4n) is 1.42. The third kappa shape index (κ3) is 3.75. The van der Waals surface area contributed by atoms with Gasteiger partial charge in [-0.05, 0) is 19.8 Å². The molecule has 68 valence electrons. The normalized spacial score (nSPS) is 17.4. The van der Waals surface area contributed by atoms with Crippen molar-refractivity contribution in [3.05, 3.63) is 0 Å². The molecule has 1 N–H and O–H groups in total. The smallest absolute Gasteiger partial charge is 0.0790 e. The van der Waals surface area contributed by atoms with Crippen LogP contribution in [0.25, 0.3) is 0 Å². The number of hydrogen-bond acceptors (Lipinski definition) is 2. The van der Waals surface area contributed by atoms with Crippen LogP contribution in [0.4, 0.5) is 0 Å². The second-order valence-electron chi connectivity index (χ2n) is 3.10. The summed E-state index contributed by atoms with van der Waals surface area (Å²) in [6, 6.07) is 0. The van der Waals surface area contributed by atoms with Crippen LogP contribution in [0, 0.1) is 11.8 Å². The first kappa shape index (κ1) is 9.57. The topological polar surface area (TPSA) is 21.3 Å². The van der Waals surface area contributed by atoms with Crippen molar-refractivity contribution in [1.29, 1.82) is 0 Å². The van der Waals surface area contributed by atoms with Gasteiger partial charge in [0, 0.05) is 13.0 Å². The number of hydroxylamine groups is 1. The van der Waals surface area contributed by atoms with Crippen molar-refractivity contribution in [2.45, 2.75) is 45.1 Å². The van der Waals surface area contributed by atoms with Crippen LogP contribution in [-0.4, -0.2) is 12.6 Å². The Kier molecular flexibility index (Phi) is 4.82. The SMILES string of the molecule is CC#CCCNOC1CCCC1. The minimum atomic E-state index is 0.458. The summed E-state index contributed by atoms with van der Waals surface area (Å²) in [6.07, 6.45) is 6.41. The van der Waals surface area contributed by atoms with Crippen molar-refractivity contribution < 1.29 is 4.84 Å². The summed E-state index contributed by atoms with van der Waals surface area (Å²) in [7, 11) is 0. The molecule has 0 aromatic rings. The Hall–Kier alpha value is -0.520. The quantitative estimate of drug-likeness (QED) is 0.392. The summed E-state index contributed by atoms with van der Waals surface area (Å²) in [6.45, 7) is 2.70. The second-order valence-corrected chi connectivity index (χ2v) is 3.10. The molecular weight excluding hydrogens is 150 g/mol. The van der Waals surface area contributed by atoms with Crippen molar-refractivity contribution in [2.75, 3.05) is 6.54 Å². The van der Waals surface area contributed by atoms with E-state index < -0.39 is 0 Å². The molecule has 0 unspecified atom stereocenters. The molecule has 0 aromatic heterocycles. The monoisotopic (exact) mass is 167 g/mol. The summed E-state index contributed by atoms with van der Waals surface area (Å²) >= 11 is 0. The molecule has 0 amide bonds. The molecule has 2 nitrogen and oxygen atoms in total. The molecule has 1 aliphatic rings. The van der Waals surface area contributed by atoms with Crippen LogP contribution in [0.15, 0.2) is 0 Å². The zero-order valence-corrected chi connectivity index (χ0v) is 7.73. The molecule has 1 rings (SSSR count). The number of rotatable bonds is 4. The van der Waals surface area contributed by atoms with Gasteiger partial charge in [0.2, 0.25) is 0 Å². The van der Waals surface area contributed by atoms with Gasteiger partial charge in [0.25, 0.3) is 0 Å². The molecule has 1 aliphatic carbocycles. The predicted molar refractivity (Wildman–Crippen MR) is 49.4 cm³/mol. The first-order valence-electron chi connectivity index (χ1n) is 4.71. The Morgan fingerprint density at radius 1 is 1.42 bits per heavy atom. The Labute approximate surface area is 74.6 Å². The van der Waals surface area contributed by atoms with Gasteiger partial charge < -0.3 is 0 Å². The van der Waals surface area contributed by atoms with E-state index in [9.17, 15) is 0 Å². The van der Waals surface area contributed by atoms with Gasteiger partial charge in [-0.3, -0.25) is 4.84 Å². The van der Waals surface area contributed by atoms with E-state index in [1.54, 1.807) is 0 Å². The van der Waals surface area contributed by atoms with E-state index >= 15 is 0 Å². The zero-order valence-electron chi connectivity index (χ0n) is 7.73. The number of nitrogens with one attached hydrogen (secondary N) is 1. The van der Waals surface area contributed by atoms with E-state index in [1.165, 1.54) is 25.7 Å². The molecule has 0 heterocycles. The van der Waals surface area contributed by atoms with E-state index in [4.69, 9.17) is 4.84 Å². The van der Waals surface area contributed by atoms with E-state index in [0.29, 0.717) is 6.10 Å². The first-order chi connectivity index (χ1) is 5.93. The van der Waals surface area contributed by atoms with Gasteiger partial charge in [0.15, 0.2) is 0 Å². The average molecular weight is 167 g/mol. The molecule has 2 heteroatoms. The third-order valence-electron chi connectivity index (χ3n) is 2.08. The van der Waals surface area contributed by atoms with Crippen molar-refractivity contribution in [1.82, 2.24) is 5.48 Å². The summed E-state index contributed by atoms with van der Waals surface area (Å²) in [5.74, 6) is 5.83. The Morgan fingerprint density at radius 2 is 2.17 bits per heavy atom. The lowest BCUT2D eigenvalue weighted by molar-refractivity contribution is -0.0193. The lowest BCUT2D eigenvalue weighted by Gasteiger charge is -2.09. The van der Waals surface area contributed by atoms with Crippen LogP contribution < -0.4 is 5.48 Å². The van der Waals surface area contributed by atoms with Gasteiger partial charge in [0.1, 0.15) is 0 Å². The highest BCUT2D eigenvalue weighted by Gasteiger charge is 2.14. The van der Waals surface area contributed by atoms with Crippen LogP contribution in [0.3, 0.4) is 0 Å². The summed E-state index contributed by atoms with van der Waals surface area (Å²) in [5, 5.41) is 0. The third-order valence-corrected chi connectivity index (χ3v) is 2.08. The van der Waals surface area contributed by atoms with Crippen LogP contribution in [0.5, 0.6) is 0 Å². The maximum Gasteiger partial charge on any atom is 0.0790 e. The van der Waals surface area contributed by atoms with Crippen LogP contribution in [-0.2, 0) is 4.84 Å². The van der Waals surface area contributed by atoms with Gasteiger partial charge in [-0.25, -0.2) is 5.48 Å². The van der Waals surface area contributed by atoms with Gasteiger partial charge >= 0.3 is 0 Å². The fraction of sp³-hybridized carbons (Fsp3) is 0.800. The highest BCUT2D eigenvalue weighted by atomic mass is 16.7. The highest BCUT2D eigenvalue weighted by molar-refractivity contribution is 4.94. The van der Waals surface area contributed by atoms with Gasteiger partial charge in [0.05, 0.1) is 6.10 Å². The van der Waals surface area contributed by atoms with E-state index in [1.807, 2.05) is 6.92 Å². The molecule has 0 aromatic carbocycles. The van der Waals surface area contributed by atoms with Crippen LogP contribution >= 0.6 is 0 Å². The molecule has 0 bridgehead atoms. The van der Waals surface area contributed by atoms with Crippen molar-refractivity contribution in [2.24, 2.45) is 0 Å². The molecule has 0 saturated heterocycles. The second kappa shape index (κ2) is 6.05. The zero-order chi connectivity index (χ0) is 8.65. The molecule has 0 radical (unpaired) electrons. The molecule has 0 spiro atoms. The predicted octanol–water partition coefficient (Wildman–Crippen LogP) is 1.86. The van der Waals surface area contributed by atoms with E-state index in [2.05, 4.69) is 17.3 Å². The molecule has 1 saturated carbocycles. The number of hydrogen-bond donors (Lipinski definition) is 1. The molecule has 0 atom stereocenters. The maximum absolute atomic E-state index is 5.43. The van der Waals surface area contributed by atoms with Crippen molar-refractivity contribution in [3.63, 3.8) is 0 Å². The summed E-state index contributed by atoms with van der Waals surface area (Å²) in [5.41, 5.74) is 2.96. The summed E-state index contributed by atoms with van der Waals surface area (Å²) < 4.78 is 0. The molecule has 0 aliphatic heterocycles.